The first-order valence-electron chi connectivity index (χ1n) is 14.0. The number of rotatable bonds is 6. The number of carbonyl (C=O) groups is 3. The first kappa shape index (κ1) is 28.2. The maximum Gasteiger partial charge on any atom is 0.326 e. The van der Waals surface area contributed by atoms with Crippen molar-refractivity contribution in [3.05, 3.63) is 11.6 Å². The maximum absolute atomic E-state index is 12.6. The minimum Gasteiger partial charge on any atom is -0.480 e. The molecule has 4 aliphatic carbocycles. The second kappa shape index (κ2) is 9.94. The van der Waals surface area contributed by atoms with Gasteiger partial charge in [0.1, 0.15) is 18.2 Å². The Morgan fingerprint density at radius 2 is 1.90 bits per heavy atom. The number of fused-ring (bicyclic) bond motifs is 5. The molecular weight excluding hydrogens is 508 g/mol. The van der Waals surface area contributed by atoms with Crippen molar-refractivity contribution >= 4 is 23.4 Å². The zero-order valence-electron chi connectivity index (χ0n) is 22.6. The van der Waals surface area contributed by atoms with Gasteiger partial charge in [0.25, 0.3) is 5.91 Å². The van der Waals surface area contributed by atoms with Crippen molar-refractivity contribution in [3.8, 4) is 0 Å². The van der Waals surface area contributed by atoms with Crippen molar-refractivity contribution in [3.63, 3.8) is 0 Å². The topological polar surface area (TPSA) is 177 Å². The van der Waals surface area contributed by atoms with Crippen molar-refractivity contribution in [1.82, 2.24) is 4.90 Å². The van der Waals surface area contributed by atoms with Crippen LogP contribution in [0.4, 0.5) is 0 Å². The first-order valence-corrected chi connectivity index (χ1v) is 14.0. The van der Waals surface area contributed by atoms with E-state index in [-0.39, 0.29) is 36.1 Å². The van der Waals surface area contributed by atoms with Crippen molar-refractivity contribution in [2.24, 2.45) is 33.7 Å². The number of likely N-dealkylation sites (tertiary alicyclic amines) is 1. The summed E-state index contributed by atoms with van der Waals surface area (Å²) in [7, 11) is 0. The molecular formula is C28H40N2O9. The molecule has 39 heavy (non-hydrogen) atoms. The molecule has 1 amide bonds. The largest absolute Gasteiger partial charge is 0.480 e. The van der Waals surface area contributed by atoms with Crippen LogP contribution >= 0.6 is 0 Å². The molecule has 0 aromatic carbocycles. The summed E-state index contributed by atoms with van der Waals surface area (Å²) in [5.41, 5.74) is -0.824. The van der Waals surface area contributed by atoms with E-state index in [1.807, 2.05) is 13.0 Å². The number of hydrogen-bond donors (Lipinski definition) is 5. The first-order chi connectivity index (χ1) is 18.4. The van der Waals surface area contributed by atoms with E-state index in [9.17, 15) is 39.9 Å². The van der Waals surface area contributed by atoms with Gasteiger partial charge < -0.3 is 35.3 Å². The monoisotopic (exact) mass is 548 g/mol. The van der Waals surface area contributed by atoms with Crippen LogP contribution in [0.15, 0.2) is 16.8 Å². The minimum absolute atomic E-state index is 0.00861. The molecule has 0 radical (unpaired) electrons. The number of ketones is 1. The summed E-state index contributed by atoms with van der Waals surface area (Å²) in [6, 6.07) is -1.07. The molecule has 11 heteroatoms. The number of carboxylic acid groups (broad SMARTS) is 1. The quantitative estimate of drug-likeness (QED) is 0.298. The van der Waals surface area contributed by atoms with Crippen LogP contribution in [0.25, 0.3) is 0 Å². The van der Waals surface area contributed by atoms with Gasteiger partial charge in [-0.3, -0.25) is 9.59 Å². The third-order valence-electron chi connectivity index (χ3n) is 10.9. The Labute approximate surface area is 227 Å². The molecule has 11 nitrogen and oxygen atoms in total. The number of hydrogen-bond acceptors (Lipinski definition) is 9. The van der Waals surface area contributed by atoms with Gasteiger partial charge in [0, 0.05) is 18.4 Å². The number of amides is 1. The number of aliphatic hydroxyl groups excluding tert-OH is 3. The Kier molecular flexibility index (Phi) is 7.18. The average Bonchev–Trinajstić information content (AvgIpc) is 3.41. The Bertz CT molecular complexity index is 1110. The second-order valence-corrected chi connectivity index (χ2v) is 12.7. The van der Waals surface area contributed by atoms with Gasteiger partial charge in [-0.15, -0.1) is 0 Å². The summed E-state index contributed by atoms with van der Waals surface area (Å²) in [5, 5.41) is 55.6. The Morgan fingerprint density at radius 3 is 2.59 bits per heavy atom. The molecule has 1 aliphatic heterocycles. The molecule has 0 aromatic heterocycles. The van der Waals surface area contributed by atoms with E-state index in [4.69, 9.17) is 4.84 Å². The van der Waals surface area contributed by atoms with Gasteiger partial charge in [-0.2, -0.15) is 0 Å². The summed E-state index contributed by atoms with van der Waals surface area (Å²) in [6.45, 7) is 2.91. The van der Waals surface area contributed by atoms with Crippen molar-refractivity contribution < 1.29 is 44.8 Å². The zero-order valence-corrected chi connectivity index (χ0v) is 22.6. The van der Waals surface area contributed by atoms with Crippen molar-refractivity contribution in [2.45, 2.75) is 89.1 Å². The van der Waals surface area contributed by atoms with E-state index in [2.05, 4.69) is 12.1 Å². The number of aliphatic carboxylic acids is 1. The normalized spacial score (nSPS) is 44.3. The average molecular weight is 549 g/mol. The second-order valence-electron chi connectivity index (χ2n) is 12.7. The van der Waals surface area contributed by atoms with Crippen LogP contribution in [0.3, 0.4) is 0 Å². The van der Waals surface area contributed by atoms with Crippen LogP contribution in [-0.2, 0) is 19.2 Å². The maximum atomic E-state index is 12.6. The number of aliphatic hydroxyl groups is 4. The highest BCUT2D eigenvalue weighted by Crippen LogP contribution is 2.67. The lowest BCUT2D eigenvalue weighted by Gasteiger charge is -2.60. The Morgan fingerprint density at radius 1 is 1.15 bits per heavy atom. The van der Waals surface area contributed by atoms with Crippen LogP contribution in [0, 0.1) is 28.6 Å². The number of nitrogens with zero attached hydrogens (tertiary/aromatic N) is 2. The molecule has 5 aliphatic rings. The van der Waals surface area contributed by atoms with Gasteiger partial charge in [0.15, 0.2) is 12.4 Å². The fourth-order valence-corrected chi connectivity index (χ4v) is 8.94. The highest BCUT2D eigenvalue weighted by Gasteiger charge is 2.68. The van der Waals surface area contributed by atoms with E-state index in [0.29, 0.717) is 31.4 Å². The summed E-state index contributed by atoms with van der Waals surface area (Å²) >= 11 is 0. The van der Waals surface area contributed by atoms with E-state index in [1.54, 1.807) is 0 Å². The molecule has 1 heterocycles. The van der Waals surface area contributed by atoms with E-state index < -0.39 is 60.1 Å². The predicted molar refractivity (Wildman–Crippen MR) is 137 cm³/mol. The van der Waals surface area contributed by atoms with Gasteiger partial charge in [-0.1, -0.05) is 24.6 Å². The molecule has 5 rings (SSSR count). The lowest BCUT2D eigenvalue weighted by Crippen LogP contribution is -2.62. The molecule has 0 aromatic rings. The van der Waals surface area contributed by atoms with Crippen molar-refractivity contribution in [1.29, 1.82) is 0 Å². The highest BCUT2D eigenvalue weighted by molar-refractivity contribution is 5.96. The Balaban J connectivity index is 1.29. The number of carboxylic acids is 1. The molecule has 4 fully saturated rings. The third kappa shape index (κ3) is 4.32. The molecule has 5 N–H and O–H groups in total. The SMILES string of the molecule is C[C@]12CC/C(=N/OCC(=O)N3C[C@H](O)C[C@@H]3C(=O)O)C=C1CC[C@H]1[C@H]2[C@@H](O)C[C@@]2(C)[C@@H]1CC[C@]2(O)C(=O)CO. The summed E-state index contributed by atoms with van der Waals surface area (Å²) in [5.74, 6) is -2.06. The third-order valence-corrected chi connectivity index (χ3v) is 10.9. The minimum atomic E-state index is -1.62. The smallest absolute Gasteiger partial charge is 0.326 e. The fourth-order valence-electron chi connectivity index (χ4n) is 8.94. The number of carbonyl (C=O) groups excluding carboxylic acids is 2. The Hall–Kier alpha value is -2.34. The molecule has 0 spiro atoms. The lowest BCUT2D eigenvalue weighted by atomic mass is 9.45. The van der Waals surface area contributed by atoms with Gasteiger partial charge >= 0.3 is 5.97 Å². The van der Waals surface area contributed by atoms with Crippen LogP contribution in [0.1, 0.15) is 65.2 Å². The van der Waals surface area contributed by atoms with Crippen LogP contribution in [0.2, 0.25) is 0 Å². The van der Waals surface area contributed by atoms with Gasteiger partial charge in [-0.05, 0) is 74.2 Å². The number of oxime groups is 1. The number of β-amino-alcohol motifs (C(OH)–C–C–N with tert-alkyl or cyclic N) is 1. The summed E-state index contributed by atoms with van der Waals surface area (Å²) < 4.78 is 0. The van der Waals surface area contributed by atoms with E-state index in [0.717, 1.165) is 24.2 Å². The fraction of sp³-hybridized carbons (Fsp3) is 0.786. The van der Waals surface area contributed by atoms with Crippen LogP contribution < -0.4 is 0 Å². The molecule has 0 bridgehead atoms. The number of allylic oxidation sites excluding steroid dienone is 2. The molecule has 3 saturated carbocycles. The van der Waals surface area contributed by atoms with Gasteiger partial charge in [-0.25, -0.2) is 4.79 Å². The molecule has 0 unspecified atom stereocenters. The van der Waals surface area contributed by atoms with Crippen molar-refractivity contribution in [2.75, 3.05) is 19.8 Å². The molecule has 9 atom stereocenters. The van der Waals surface area contributed by atoms with Crippen LogP contribution in [0.5, 0.6) is 0 Å². The van der Waals surface area contributed by atoms with Gasteiger partial charge in [0.05, 0.1) is 17.9 Å². The van der Waals surface area contributed by atoms with E-state index >= 15 is 0 Å². The molecule has 216 valence electrons. The van der Waals surface area contributed by atoms with E-state index in [1.165, 1.54) is 5.57 Å². The van der Waals surface area contributed by atoms with Crippen LogP contribution in [-0.4, -0.2) is 97.4 Å². The summed E-state index contributed by atoms with van der Waals surface area (Å²) in [4.78, 5) is 42.9. The summed E-state index contributed by atoms with van der Waals surface area (Å²) in [6.07, 6.45) is 4.61. The highest BCUT2D eigenvalue weighted by atomic mass is 16.6. The predicted octanol–water partition coefficient (Wildman–Crippen LogP) is 0.631. The molecule has 1 saturated heterocycles. The standard InChI is InChI=1S/C28H40N2O9/c1-26-7-5-16(29-39-14-23(35)30-12-17(32)10-20(30)25(36)37)9-15(26)3-4-18-19-6-8-28(38,22(34)13-31)27(19,2)11-21(33)24(18)26/h9,17-21,24,31-33,38H,3-8,10-14H2,1-2H3,(H,36,37)/b29-16-/t17-,18-,19-,20-,21+,24+,26+,27+,28+/m1/s1. The lowest BCUT2D eigenvalue weighted by molar-refractivity contribution is -0.181. The zero-order chi connectivity index (χ0) is 28.3. The van der Waals surface area contributed by atoms with Gasteiger partial charge in [0.2, 0.25) is 0 Å². The number of Topliss-reactive ketones (excluding diaryl/α,β-unsaturated/α-hetero) is 1.